The molecule has 1 aromatic carbocycles. The van der Waals surface area contributed by atoms with Gasteiger partial charge in [0.05, 0.1) is 5.69 Å². The van der Waals surface area contributed by atoms with Gasteiger partial charge in [-0.15, -0.1) is 0 Å². The monoisotopic (exact) mass is 243 g/mol. The van der Waals surface area contributed by atoms with Crippen molar-refractivity contribution in [3.05, 3.63) is 36.0 Å². The van der Waals surface area contributed by atoms with Crippen LogP contribution in [0.1, 0.15) is 16.9 Å². The summed E-state index contributed by atoms with van der Waals surface area (Å²) in [6.45, 7) is 1.41. The molecule has 0 unspecified atom stereocenters. The summed E-state index contributed by atoms with van der Waals surface area (Å²) in [5.74, 6) is 0.103. The maximum Gasteiger partial charge on any atom is 0.269 e. The number of nitrogens with one attached hydrogen (secondary N) is 1. The predicted molar refractivity (Wildman–Crippen MR) is 66.3 cm³/mol. The molecule has 1 amide bonds. The van der Waals surface area contributed by atoms with E-state index < -0.39 is 0 Å². The predicted octanol–water partition coefficient (Wildman–Crippen LogP) is 1.39. The van der Waals surface area contributed by atoms with Crippen LogP contribution in [0.25, 0.3) is 11.3 Å². The van der Waals surface area contributed by atoms with Crippen LogP contribution in [0.2, 0.25) is 0 Å². The van der Waals surface area contributed by atoms with E-state index in [9.17, 15) is 9.90 Å². The summed E-state index contributed by atoms with van der Waals surface area (Å²) in [4.78, 5) is 11.8. The molecule has 2 aromatic rings. The first-order chi connectivity index (χ1) is 8.74. The quantitative estimate of drug-likeness (QED) is 0.795. The highest BCUT2D eigenvalue weighted by Crippen LogP contribution is 2.23. The SMILES string of the molecule is O=C1NCCCn2nc(-c3cccc(O)c3)cc21. The molecule has 1 aliphatic rings. The van der Waals surface area contributed by atoms with Gasteiger partial charge in [-0.05, 0) is 24.6 Å². The van der Waals surface area contributed by atoms with E-state index in [2.05, 4.69) is 10.4 Å². The van der Waals surface area contributed by atoms with Crippen LogP contribution in [-0.2, 0) is 6.54 Å². The van der Waals surface area contributed by atoms with Crippen LogP contribution in [0.15, 0.2) is 30.3 Å². The van der Waals surface area contributed by atoms with Crippen molar-refractivity contribution in [3.8, 4) is 17.0 Å². The second kappa shape index (κ2) is 4.18. The van der Waals surface area contributed by atoms with Gasteiger partial charge in [-0.2, -0.15) is 5.10 Å². The Morgan fingerprint density at radius 2 is 2.22 bits per heavy atom. The molecule has 0 aliphatic carbocycles. The zero-order valence-electron chi connectivity index (χ0n) is 9.76. The highest BCUT2D eigenvalue weighted by atomic mass is 16.3. The van der Waals surface area contributed by atoms with Crippen LogP contribution in [-0.4, -0.2) is 27.3 Å². The van der Waals surface area contributed by atoms with E-state index in [4.69, 9.17) is 0 Å². The molecule has 3 rings (SSSR count). The number of aromatic nitrogens is 2. The number of fused-ring (bicyclic) bond motifs is 1. The van der Waals surface area contributed by atoms with Crippen molar-refractivity contribution >= 4 is 5.91 Å². The lowest BCUT2D eigenvalue weighted by Gasteiger charge is -1.99. The van der Waals surface area contributed by atoms with Crippen molar-refractivity contribution in [2.24, 2.45) is 0 Å². The number of rotatable bonds is 1. The number of hydrogen-bond acceptors (Lipinski definition) is 3. The molecule has 0 atom stereocenters. The van der Waals surface area contributed by atoms with E-state index in [0.717, 1.165) is 18.5 Å². The largest absolute Gasteiger partial charge is 0.508 e. The maximum absolute atomic E-state index is 11.8. The first-order valence-corrected chi connectivity index (χ1v) is 5.89. The van der Waals surface area contributed by atoms with Crippen LogP contribution >= 0.6 is 0 Å². The molecule has 5 nitrogen and oxygen atoms in total. The summed E-state index contributed by atoms with van der Waals surface area (Å²) in [5.41, 5.74) is 2.09. The molecule has 0 bridgehead atoms. The van der Waals surface area contributed by atoms with Gasteiger partial charge in [0.25, 0.3) is 5.91 Å². The molecule has 0 fully saturated rings. The minimum atomic E-state index is -0.0913. The summed E-state index contributed by atoms with van der Waals surface area (Å²) in [6.07, 6.45) is 0.875. The number of benzene rings is 1. The second-order valence-corrected chi connectivity index (χ2v) is 4.30. The summed E-state index contributed by atoms with van der Waals surface area (Å²) >= 11 is 0. The van der Waals surface area contributed by atoms with E-state index in [0.29, 0.717) is 17.9 Å². The normalized spacial score (nSPS) is 14.8. The van der Waals surface area contributed by atoms with Crippen LogP contribution in [0, 0.1) is 0 Å². The Bertz CT molecular complexity index is 604. The number of hydrogen-bond donors (Lipinski definition) is 2. The summed E-state index contributed by atoms with van der Waals surface area (Å²) < 4.78 is 1.72. The zero-order chi connectivity index (χ0) is 12.5. The summed E-state index contributed by atoms with van der Waals surface area (Å²) in [6, 6.07) is 8.63. The van der Waals surface area contributed by atoms with Gasteiger partial charge >= 0.3 is 0 Å². The third-order valence-corrected chi connectivity index (χ3v) is 2.99. The van der Waals surface area contributed by atoms with Crippen LogP contribution in [0.4, 0.5) is 0 Å². The van der Waals surface area contributed by atoms with Crippen LogP contribution in [0.5, 0.6) is 5.75 Å². The molecule has 0 saturated carbocycles. The van der Waals surface area contributed by atoms with Crippen molar-refractivity contribution in [2.45, 2.75) is 13.0 Å². The van der Waals surface area contributed by atoms with E-state index >= 15 is 0 Å². The number of aromatic hydroxyl groups is 1. The topological polar surface area (TPSA) is 67.2 Å². The van der Waals surface area contributed by atoms with Gasteiger partial charge in [0.1, 0.15) is 11.4 Å². The summed E-state index contributed by atoms with van der Waals surface area (Å²) in [7, 11) is 0. The fourth-order valence-corrected chi connectivity index (χ4v) is 2.10. The molecule has 92 valence electrons. The van der Waals surface area contributed by atoms with Gasteiger partial charge in [0.15, 0.2) is 0 Å². The highest BCUT2D eigenvalue weighted by molar-refractivity contribution is 5.93. The average Bonchev–Trinajstić information content (AvgIpc) is 2.71. The lowest BCUT2D eigenvalue weighted by atomic mass is 10.1. The fraction of sp³-hybridized carbons (Fsp3) is 0.231. The summed E-state index contributed by atoms with van der Waals surface area (Å²) in [5, 5.41) is 16.7. The van der Waals surface area contributed by atoms with E-state index in [1.54, 1.807) is 28.9 Å². The molecule has 2 heterocycles. The van der Waals surface area contributed by atoms with E-state index in [-0.39, 0.29) is 11.7 Å². The molecular weight excluding hydrogens is 230 g/mol. The van der Waals surface area contributed by atoms with Gasteiger partial charge < -0.3 is 10.4 Å². The van der Waals surface area contributed by atoms with E-state index in [1.165, 1.54) is 0 Å². The van der Waals surface area contributed by atoms with Crippen molar-refractivity contribution in [2.75, 3.05) is 6.54 Å². The fourth-order valence-electron chi connectivity index (χ4n) is 2.10. The molecule has 5 heteroatoms. The molecule has 0 radical (unpaired) electrons. The Morgan fingerprint density at radius 1 is 1.33 bits per heavy atom. The highest BCUT2D eigenvalue weighted by Gasteiger charge is 2.18. The smallest absolute Gasteiger partial charge is 0.269 e. The third-order valence-electron chi connectivity index (χ3n) is 2.99. The van der Waals surface area contributed by atoms with Crippen LogP contribution < -0.4 is 5.32 Å². The van der Waals surface area contributed by atoms with Crippen molar-refractivity contribution in [1.29, 1.82) is 0 Å². The number of phenols is 1. The number of aryl methyl sites for hydroxylation is 1. The zero-order valence-corrected chi connectivity index (χ0v) is 9.76. The lowest BCUT2D eigenvalue weighted by Crippen LogP contribution is -2.22. The number of carbonyl (C=O) groups is 1. The van der Waals surface area contributed by atoms with E-state index in [1.807, 2.05) is 6.07 Å². The molecule has 0 saturated heterocycles. The number of nitrogens with zero attached hydrogens (tertiary/aromatic N) is 2. The average molecular weight is 243 g/mol. The Morgan fingerprint density at radius 3 is 3.06 bits per heavy atom. The van der Waals surface area contributed by atoms with Gasteiger partial charge in [-0.3, -0.25) is 9.48 Å². The maximum atomic E-state index is 11.8. The Hall–Kier alpha value is -2.30. The molecule has 2 N–H and O–H groups in total. The Balaban J connectivity index is 2.05. The number of carbonyl (C=O) groups excluding carboxylic acids is 1. The Labute approximate surface area is 104 Å². The number of amides is 1. The van der Waals surface area contributed by atoms with Gasteiger partial charge in [-0.25, -0.2) is 0 Å². The van der Waals surface area contributed by atoms with Crippen LogP contribution in [0.3, 0.4) is 0 Å². The molecule has 1 aliphatic heterocycles. The minimum Gasteiger partial charge on any atom is -0.508 e. The van der Waals surface area contributed by atoms with Gasteiger partial charge in [0.2, 0.25) is 0 Å². The third kappa shape index (κ3) is 1.84. The van der Waals surface area contributed by atoms with Crippen molar-refractivity contribution < 1.29 is 9.90 Å². The first-order valence-electron chi connectivity index (χ1n) is 5.89. The van der Waals surface area contributed by atoms with Gasteiger partial charge in [-0.1, -0.05) is 12.1 Å². The minimum absolute atomic E-state index is 0.0913. The van der Waals surface area contributed by atoms with Crippen molar-refractivity contribution in [3.63, 3.8) is 0 Å². The van der Waals surface area contributed by atoms with Crippen molar-refractivity contribution in [1.82, 2.24) is 15.1 Å². The second-order valence-electron chi connectivity index (χ2n) is 4.30. The Kier molecular flexibility index (Phi) is 2.51. The number of phenolic OH excluding ortho intramolecular Hbond substituents is 1. The molecular formula is C13H13N3O2. The molecule has 1 aromatic heterocycles. The lowest BCUT2D eigenvalue weighted by molar-refractivity contribution is 0.0950. The molecule has 18 heavy (non-hydrogen) atoms. The first kappa shape index (κ1) is 10.8. The van der Waals surface area contributed by atoms with Gasteiger partial charge in [0, 0.05) is 18.7 Å². The standard InChI is InChI=1S/C13H13N3O2/c17-10-4-1-3-9(7-10)11-8-12-13(18)14-5-2-6-16(12)15-11/h1,3-4,7-8,17H,2,5-6H2,(H,14,18). The molecule has 0 spiro atoms.